The van der Waals surface area contributed by atoms with E-state index in [2.05, 4.69) is 27.2 Å². The highest BCUT2D eigenvalue weighted by atomic mass is 16.1. The molecule has 2 heterocycles. The Morgan fingerprint density at radius 1 is 1.52 bits per heavy atom. The van der Waals surface area contributed by atoms with Crippen LogP contribution in [-0.2, 0) is 13.6 Å². The molecule has 2 aromatic heterocycles. The van der Waals surface area contributed by atoms with Crippen LogP contribution >= 0.6 is 0 Å². The van der Waals surface area contributed by atoms with Crippen LogP contribution in [0.25, 0.3) is 0 Å². The summed E-state index contributed by atoms with van der Waals surface area (Å²) in [4.78, 5) is 16.3. The normalized spacial score (nSPS) is 9.86. The number of aromatic nitrogens is 3. The number of carbonyl (C=O) groups excluding carboxylic acids is 1. The number of nitrogens with two attached hydrogens (primary N) is 1. The summed E-state index contributed by atoms with van der Waals surface area (Å²) in [6, 6.07) is 3.49. The van der Waals surface area contributed by atoms with E-state index in [0.717, 1.165) is 11.3 Å². The van der Waals surface area contributed by atoms with Crippen LogP contribution in [-0.4, -0.2) is 27.2 Å². The number of amides is 1. The van der Waals surface area contributed by atoms with Gasteiger partial charge in [-0.2, -0.15) is 5.10 Å². The third-order valence-corrected chi connectivity index (χ3v) is 2.90. The molecule has 6 heteroatoms. The van der Waals surface area contributed by atoms with Crippen LogP contribution in [0.2, 0.25) is 0 Å². The largest absolute Gasteiger partial charge is 0.346 e. The van der Waals surface area contributed by atoms with Gasteiger partial charge >= 0.3 is 0 Å². The summed E-state index contributed by atoms with van der Waals surface area (Å²) >= 11 is 0. The molecule has 0 atom stereocenters. The van der Waals surface area contributed by atoms with Crippen LogP contribution in [0.3, 0.4) is 0 Å². The van der Waals surface area contributed by atoms with E-state index < -0.39 is 0 Å². The fourth-order valence-corrected chi connectivity index (χ4v) is 1.91. The summed E-state index contributed by atoms with van der Waals surface area (Å²) in [6.07, 6.45) is 3.45. The van der Waals surface area contributed by atoms with Gasteiger partial charge in [-0.05, 0) is 19.1 Å². The molecule has 0 aliphatic carbocycles. The standard InChI is InChI=1S/C15H17N5O/c1-11-13(10-20(2)19-11)9-18-15(21)14-12(5-3-7-16)6-4-8-17-14/h4,6,8,10H,7,9,16H2,1-2H3,(H,18,21). The van der Waals surface area contributed by atoms with Crippen LogP contribution in [0.1, 0.15) is 27.3 Å². The van der Waals surface area contributed by atoms with Gasteiger partial charge in [0.15, 0.2) is 0 Å². The topological polar surface area (TPSA) is 85.8 Å². The first-order valence-electron chi connectivity index (χ1n) is 6.53. The van der Waals surface area contributed by atoms with Crippen molar-refractivity contribution in [2.45, 2.75) is 13.5 Å². The molecule has 0 fully saturated rings. The first-order chi connectivity index (χ1) is 10.1. The van der Waals surface area contributed by atoms with Crippen molar-refractivity contribution in [2.24, 2.45) is 12.8 Å². The first kappa shape index (κ1) is 14.8. The monoisotopic (exact) mass is 283 g/mol. The quantitative estimate of drug-likeness (QED) is 0.797. The second-order valence-corrected chi connectivity index (χ2v) is 4.50. The van der Waals surface area contributed by atoms with Crippen LogP contribution < -0.4 is 11.1 Å². The second-order valence-electron chi connectivity index (χ2n) is 4.50. The van der Waals surface area contributed by atoms with Crippen molar-refractivity contribution in [1.29, 1.82) is 0 Å². The minimum absolute atomic E-state index is 0.241. The summed E-state index contributed by atoms with van der Waals surface area (Å²) in [6.45, 7) is 2.55. The lowest BCUT2D eigenvalue weighted by Crippen LogP contribution is -2.25. The third-order valence-electron chi connectivity index (χ3n) is 2.90. The minimum Gasteiger partial charge on any atom is -0.346 e. The number of nitrogens with zero attached hydrogens (tertiary/aromatic N) is 3. The van der Waals surface area contributed by atoms with Crippen LogP contribution in [0.15, 0.2) is 24.5 Å². The zero-order valence-electron chi connectivity index (χ0n) is 12.1. The number of carbonyl (C=O) groups is 1. The Balaban J connectivity index is 2.12. The molecule has 0 unspecified atom stereocenters. The molecular weight excluding hydrogens is 266 g/mol. The van der Waals surface area contributed by atoms with Crippen molar-refractivity contribution in [1.82, 2.24) is 20.1 Å². The summed E-state index contributed by atoms with van der Waals surface area (Å²) in [5, 5.41) is 7.07. The molecule has 0 aliphatic heterocycles. The van der Waals surface area contributed by atoms with Gasteiger partial charge in [-0.25, -0.2) is 4.98 Å². The predicted molar refractivity (Wildman–Crippen MR) is 79.3 cm³/mol. The summed E-state index contributed by atoms with van der Waals surface area (Å²) in [7, 11) is 1.84. The molecule has 0 spiro atoms. The molecule has 1 amide bonds. The lowest BCUT2D eigenvalue weighted by atomic mass is 10.2. The van der Waals surface area contributed by atoms with Crippen molar-refractivity contribution in [3.05, 3.63) is 47.0 Å². The molecule has 0 aromatic carbocycles. The molecule has 2 aromatic rings. The van der Waals surface area contributed by atoms with Gasteiger partial charge in [0.1, 0.15) is 5.69 Å². The highest BCUT2D eigenvalue weighted by Gasteiger charge is 2.12. The minimum atomic E-state index is -0.264. The Bertz CT molecular complexity index is 708. The Hall–Kier alpha value is -2.65. The van der Waals surface area contributed by atoms with Gasteiger partial charge < -0.3 is 11.1 Å². The van der Waals surface area contributed by atoms with Gasteiger partial charge in [0.25, 0.3) is 5.91 Å². The Morgan fingerprint density at radius 3 is 3.00 bits per heavy atom. The van der Waals surface area contributed by atoms with E-state index in [1.807, 2.05) is 20.2 Å². The van der Waals surface area contributed by atoms with Gasteiger partial charge in [0, 0.05) is 31.5 Å². The number of hydrogen-bond acceptors (Lipinski definition) is 4. The number of pyridine rings is 1. The average Bonchev–Trinajstić information content (AvgIpc) is 2.81. The van der Waals surface area contributed by atoms with Crippen LogP contribution in [0.4, 0.5) is 0 Å². The fraction of sp³-hybridized carbons (Fsp3) is 0.267. The molecule has 6 nitrogen and oxygen atoms in total. The lowest BCUT2D eigenvalue weighted by Gasteiger charge is -2.05. The van der Waals surface area contributed by atoms with E-state index in [-0.39, 0.29) is 12.5 Å². The van der Waals surface area contributed by atoms with E-state index in [0.29, 0.717) is 17.8 Å². The maximum Gasteiger partial charge on any atom is 0.271 e. The molecule has 3 N–H and O–H groups in total. The summed E-state index contributed by atoms with van der Waals surface area (Å²) in [5.74, 6) is 5.32. The van der Waals surface area contributed by atoms with Crippen molar-refractivity contribution < 1.29 is 4.79 Å². The van der Waals surface area contributed by atoms with E-state index in [1.165, 1.54) is 0 Å². The number of nitrogens with one attached hydrogen (secondary N) is 1. The van der Waals surface area contributed by atoms with E-state index in [1.54, 1.807) is 23.0 Å². The maximum atomic E-state index is 12.2. The molecule has 0 radical (unpaired) electrons. The number of rotatable bonds is 3. The maximum absolute atomic E-state index is 12.2. The van der Waals surface area contributed by atoms with Gasteiger partial charge in [-0.15, -0.1) is 0 Å². The van der Waals surface area contributed by atoms with Gasteiger partial charge in [0.2, 0.25) is 0 Å². The summed E-state index contributed by atoms with van der Waals surface area (Å²) < 4.78 is 1.72. The van der Waals surface area contributed by atoms with Crippen molar-refractivity contribution in [3.8, 4) is 11.8 Å². The summed E-state index contributed by atoms with van der Waals surface area (Å²) in [5.41, 5.74) is 8.09. The zero-order valence-corrected chi connectivity index (χ0v) is 12.1. The number of aryl methyl sites for hydroxylation is 2. The molecule has 108 valence electrons. The van der Waals surface area contributed by atoms with Crippen molar-refractivity contribution in [2.75, 3.05) is 6.54 Å². The smallest absolute Gasteiger partial charge is 0.271 e. The van der Waals surface area contributed by atoms with Crippen LogP contribution in [0.5, 0.6) is 0 Å². The van der Waals surface area contributed by atoms with Gasteiger partial charge in [-0.3, -0.25) is 9.48 Å². The highest BCUT2D eigenvalue weighted by Crippen LogP contribution is 2.06. The Kier molecular flexibility index (Phi) is 4.69. The molecule has 0 aliphatic rings. The SMILES string of the molecule is Cc1nn(C)cc1CNC(=O)c1ncccc1C#CCN. The zero-order chi connectivity index (χ0) is 15.2. The molecule has 0 saturated heterocycles. The van der Waals surface area contributed by atoms with Gasteiger partial charge in [-0.1, -0.05) is 11.8 Å². The Labute approximate surface area is 123 Å². The van der Waals surface area contributed by atoms with E-state index >= 15 is 0 Å². The Morgan fingerprint density at radius 2 is 2.33 bits per heavy atom. The van der Waals surface area contributed by atoms with E-state index in [4.69, 9.17) is 5.73 Å². The molecule has 0 bridgehead atoms. The van der Waals surface area contributed by atoms with Crippen molar-refractivity contribution in [3.63, 3.8) is 0 Å². The predicted octanol–water partition coefficient (Wildman–Crippen LogP) is 0.364. The van der Waals surface area contributed by atoms with Gasteiger partial charge in [0.05, 0.1) is 17.8 Å². The fourth-order valence-electron chi connectivity index (χ4n) is 1.91. The molecular formula is C15H17N5O. The molecule has 0 saturated carbocycles. The lowest BCUT2D eigenvalue weighted by molar-refractivity contribution is 0.0945. The number of hydrogen-bond donors (Lipinski definition) is 2. The van der Waals surface area contributed by atoms with Crippen LogP contribution in [0, 0.1) is 18.8 Å². The molecule has 21 heavy (non-hydrogen) atoms. The van der Waals surface area contributed by atoms with Crippen molar-refractivity contribution >= 4 is 5.91 Å². The second kappa shape index (κ2) is 6.68. The average molecular weight is 283 g/mol. The first-order valence-corrected chi connectivity index (χ1v) is 6.53. The van der Waals surface area contributed by atoms with E-state index in [9.17, 15) is 4.79 Å². The third kappa shape index (κ3) is 3.68. The molecule has 2 rings (SSSR count). The highest BCUT2D eigenvalue weighted by molar-refractivity contribution is 5.94.